The third-order valence-corrected chi connectivity index (χ3v) is 5.63. The highest BCUT2D eigenvalue weighted by Gasteiger charge is 2.09. The molecule has 3 aromatic rings. The standard InChI is InChI=1S/C22H28N6S/c1-17(19-10-6-4-7-11-19)25-22(24-16-21-27-26-18(2)28(21)3)23-14-15-29-20-12-8-5-9-13-20/h4-13,17H,14-16H2,1-3H3,(H2,23,24,25). The first kappa shape index (κ1) is 20.9. The zero-order chi connectivity index (χ0) is 20.5. The van der Waals surface area contributed by atoms with Crippen LogP contribution in [0.3, 0.4) is 0 Å². The molecule has 1 unspecified atom stereocenters. The summed E-state index contributed by atoms with van der Waals surface area (Å²) in [6.07, 6.45) is 0. The van der Waals surface area contributed by atoms with E-state index >= 15 is 0 Å². The molecule has 1 atom stereocenters. The quantitative estimate of drug-likeness (QED) is 0.257. The van der Waals surface area contributed by atoms with Crippen molar-refractivity contribution >= 4 is 17.7 Å². The summed E-state index contributed by atoms with van der Waals surface area (Å²) in [4.78, 5) is 6.01. The van der Waals surface area contributed by atoms with E-state index in [9.17, 15) is 0 Å². The van der Waals surface area contributed by atoms with Crippen molar-refractivity contribution in [2.45, 2.75) is 31.3 Å². The molecule has 2 N–H and O–H groups in total. The molecule has 0 radical (unpaired) electrons. The van der Waals surface area contributed by atoms with Gasteiger partial charge in [-0.15, -0.1) is 22.0 Å². The molecule has 0 bridgehead atoms. The van der Waals surface area contributed by atoms with Gasteiger partial charge in [-0.2, -0.15) is 0 Å². The highest BCUT2D eigenvalue weighted by Crippen LogP contribution is 2.16. The van der Waals surface area contributed by atoms with Gasteiger partial charge in [0.2, 0.25) is 0 Å². The Morgan fingerprint density at radius 2 is 1.76 bits per heavy atom. The van der Waals surface area contributed by atoms with Crippen LogP contribution in [0.5, 0.6) is 0 Å². The first-order chi connectivity index (χ1) is 14.1. The van der Waals surface area contributed by atoms with Gasteiger partial charge in [0.15, 0.2) is 11.8 Å². The molecule has 3 rings (SSSR count). The molecular weight excluding hydrogens is 380 g/mol. The number of guanidine groups is 1. The average Bonchev–Trinajstić information content (AvgIpc) is 3.08. The molecule has 0 aliphatic heterocycles. The van der Waals surface area contributed by atoms with E-state index in [1.807, 2.05) is 42.4 Å². The Bertz CT molecular complexity index is 908. The molecule has 7 heteroatoms. The van der Waals surface area contributed by atoms with Crippen molar-refractivity contribution in [2.75, 3.05) is 12.3 Å². The van der Waals surface area contributed by atoms with Crippen LogP contribution in [0, 0.1) is 6.92 Å². The number of hydrogen-bond donors (Lipinski definition) is 2. The van der Waals surface area contributed by atoms with Gasteiger partial charge < -0.3 is 15.2 Å². The van der Waals surface area contributed by atoms with Gasteiger partial charge in [-0.3, -0.25) is 0 Å². The topological polar surface area (TPSA) is 67.1 Å². The van der Waals surface area contributed by atoms with E-state index in [2.05, 4.69) is 76.3 Å². The normalized spacial score (nSPS) is 12.6. The zero-order valence-corrected chi connectivity index (χ0v) is 18.0. The van der Waals surface area contributed by atoms with E-state index in [0.717, 1.165) is 29.9 Å². The minimum Gasteiger partial charge on any atom is -0.356 e. The van der Waals surface area contributed by atoms with Gasteiger partial charge in [-0.05, 0) is 31.5 Å². The fourth-order valence-electron chi connectivity index (χ4n) is 2.78. The summed E-state index contributed by atoms with van der Waals surface area (Å²) >= 11 is 1.83. The molecule has 0 aliphatic rings. The largest absolute Gasteiger partial charge is 0.356 e. The van der Waals surface area contributed by atoms with Crippen molar-refractivity contribution in [2.24, 2.45) is 12.0 Å². The fraction of sp³-hybridized carbons (Fsp3) is 0.318. The summed E-state index contributed by atoms with van der Waals surface area (Å²) in [5.41, 5.74) is 1.22. The van der Waals surface area contributed by atoms with Gasteiger partial charge in [-0.25, -0.2) is 4.99 Å². The Morgan fingerprint density at radius 1 is 1.07 bits per heavy atom. The Balaban J connectivity index is 1.61. The second kappa shape index (κ2) is 10.7. The number of rotatable bonds is 8. The molecule has 6 nitrogen and oxygen atoms in total. The van der Waals surface area contributed by atoms with Crippen LogP contribution in [0.15, 0.2) is 70.6 Å². The van der Waals surface area contributed by atoms with Crippen LogP contribution in [0.1, 0.15) is 30.2 Å². The Kier molecular flexibility index (Phi) is 7.69. The minimum atomic E-state index is 0.144. The van der Waals surface area contributed by atoms with E-state index < -0.39 is 0 Å². The number of benzene rings is 2. The number of aromatic nitrogens is 3. The summed E-state index contributed by atoms with van der Waals surface area (Å²) in [5.74, 6) is 3.45. The molecule has 0 saturated heterocycles. The van der Waals surface area contributed by atoms with Crippen molar-refractivity contribution < 1.29 is 0 Å². The summed E-state index contributed by atoms with van der Waals surface area (Å²) in [7, 11) is 1.96. The Labute approximate surface area is 176 Å². The lowest BCUT2D eigenvalue weighted by molar-refractivity contribution is 0.682. The fourth-order valence-corrected chi connectivity index (χ4v) is 3.57. The van der Waals surface area contributed by atoms with Gasteiger partial charge in [0.1, 0.15) is 12.4 Å². The van der Waals surface area contributed by atoms with Crippen molar-refractivity contribution in [3.63, 3.8) is 0 Å². The number of thioether (sulfide) groups is 1. The summed E-state index contributed by atoms with van der Waals surface area (Å²) in [6, 6.07) is 20.9. The molecule has 0 saturated carbocycles. The van der Waals surface area contributed by atoms with E-state index in [0.29, 0.717) is 6.54 Å². The average molecular weight is 409 g/mol. The molecule has 1 heterocycles. The summed E-state index contributed by atoms with van der Waals surface area (Å²) in [6.45, 7) is 5.36. The maximum atomic E-state index is 4.74. The van der Waals surface area contributed by atoms with Gasteiger partial charge >= 0.3 is 0 Å². The van der Waals surface area contributed by atoms with Crippen LogP contribution in [-0.4, -0.2) is 33.0 Å². The van der Waals surface area contributed by atoms with Crippen LogP contribution in [0.4, 0.5) is 0 Å². The number of aliphatic imine (C=N–C) groups is 1. The summed E-state index contributed by atoms with van der Waals surface area (Å²) in [5, 5.41) is 15.3. The lowest BCUT2D eigenvalue weighted by Crippen LogP contribution is -2.40. The Hall–Kier alpha value is -2.80. The molecule has 152 valence electrons. The predicted octanol–water partition coefficient (Wildman–Crippen LogP) is 3.71. The molecule has 0 spiro atoms. The van der Waals surface area contributed by atoms with E-state index in [4.69, 9.17) is 4.99 Å². The van der Waals surface area contributed by atoms with E-state index in [1.165, 1.54) is 10.5 Å². The smallest absolute Gasteiger partial charge is 0.192 e. The van der Waals surface area contributed by atoms with Gasteiger partial charge in [-0.1, -0.05) is 48.5 Å². The number of hydrogen-bond acceptors (Lipinski definition) is 4. The van der Waals surface area contributed by atoms with Crippen molar-refractivity contribution in [1.29, 1.82) is 0 Å². The lowest BCUT2D eigenvalue weighted by atomic mass is 10.1. The number of nitrogens with zero attached hydrogens (tertiary/aromatic N) is 4. The maximum absolute atomic E-state index is 4.74. The maximum Gasteiger partial charge on any atom is 0.192 e. The molecular formula is C22H28N6S. The SMILES string of the molecule is Cc1nnc(CN=C(NCCSc2ccccc2)NC(C)c2ccccc2)n1C. The van der Waals surface area contributed by atoms with Crippen molar-refractivity contribution in [3.8, 4) is 0 Å². The highest BCUT2D eigenvalue weighted by molar-refractivity contribution is 7.99. The number of aryl methyl sites for hydroxylation is 1. The minimum absolute atomic E-state index is 0.144. The monoisotopic (exact) mass is 408 g/mol. The molecule has 2 aromatic carbocycles. The van der Waals surface area contributed by atoms with Crippen molar-refractivity contribution in [1.82, 2.24) is 25.4 Å². The third kappa shape index (κ3) is 6.35. The molecule has 0 fully saturated rings. The first-order valence-electron chi connectivity index (χ1n) is 9.76. The van der Waals surface area contributed by atoms with Gasteiger partial charge in [0.05, 0.1) is 6.04 Å². The molecule has 0 amide bonds. The van der Waals surface area contributed by atoms with Crippen LogP contribution in [0.25, 0.3) is 0 Å². The van der Waals surface area contributed by atoms with E-state index in [-0.39, 0.29) is 6.04 Å². The second-order valence-corrected chi connectivity index (χ2v) is 7.92. The number of nitrogens with one attached hydrogen (secondary N) is 2. The van der Waals surface area contributed by atoms with E-state index in [1.54, 1.807) is 0 Å². The Morgan fingerprint density at radius 3 is 2.41 bits per heavy atom. The second-order valence-electron chi connectivity index (χ2n) is 6.75. The van der Waals surface area contributed by atoms with Crippen LogP contribution in [-0.2, 0) is 13.6 Å². The van der Waals surface area contributed by atoms with Crippen LogP contribution < -0.4 is 10.6 Å². The zero-order valence-electron chi connectivity index (χ0n) is 17.2. The lowest BCUT2D eigenvalue weighted by Gasteiger charge is -2.18. The molecule has 29 heavy (non-hydrogen) atoms. The van der Waals surface area contributed by atoms with Crippen molar-refractivity contribution in [3.05, 3.63) is 77.9 Å². The molecule has 1 aromatic heterocycles. The highest BCUT2D eigenvalue weighted by atomic mass is 32.2. The first-order valence-corrected chi connectivity index (χ1v) is 10.7. The predicted molar refractivity (Wildman–Crippen MR) is 120 cm³/mol. The third-order valence-electron chi connectivity index (χ3n) is 4.62. The molecule has 0 aliphatic carbocycles. The van der Waals surface area contributed by atoms with Gasteiger partial charge in [0, 0.05) is 24.2 Å². The summed E-state index contributed by atoms with van der Waals surface area (Å²) < 4.78 is 1.97. The van der Waals surface area contributed by atoms with Crippen LogP contribution in [0.2, 0.25) is 0 Å². The van der Waals surface area contributed by atoms with Gasteiger partial charge in [0.25, 0.3) is 0 Å². The van der Waals surface area contributed by atoms with Crippen LogP contribution >= 0.6 is 11.8 Å².